The highest BCUT2D eigenvalue weighted by Gasteiger charge is 2.25. The predicted molar refractivity (Wildman–Crippen MR) is 80.3 cm³/mol. The van der Waals surface area contributed by atoms with Gasteiger partial charge in [-0.15, -0.1) is 0 Å². The van der Waals surface area contributed by atoms with Crippen LogP contribution in [0.25, 0.3) is 0 Å². The van der Waals surface area contributed by atoms with Crippen LogP contribution in [0, 0.1) is 5.92 Å². The Bertz CT molecular complexity index is 470. The Morgan fingerprint density at radius 1 is 1.24 bits per heavy atom. The first-order valence-electron chi connectivity index (χ1n) is 7.21. The fraction of sp³-hybridized carbons (Fsp3) is 0.500. The van der Waals surface area contributed by atoms with Crippen LogP contribution >= 0.6 is 0 Å². The molecule has 2 atom stereocenters. The molecule has 0 aliphatic rings. The summed E-state index contributed by atoms with van der Waals surface area (Å²) in [6, 6.07) is 6.38. The van der Waals surface area contributed by atoms with Crippen LogP contribution in [0.5, 0.6) is 5.75 Å². The van der Waals surface area contributed by atoms with E-state index in [0.717, 1.165) is 11.3 Å². The molecule has 1 aromatic rings. The van der Waals surface area contributed by atoms with Gasteiger partial charge < -0.3 is 15.2 Å². The molecule has 0 fully saturated rings. The number of aliphatic carboxylic acids is 1. The number of hydrogen-bond donors (Lipinski definition) is 2. The van der Waals surface area contributed by atoms with Gasteiger partial charge in [0.15, 0.2) is 0 Å². The summed E-state index contributed by atoms with van der Waals surface area (Å²) in [6.07, 6.45) is 0.854. The number of carbonyl (C=O) groups excluding carboxylic acids is 1. The molecule has 0 aliphatic carbocycles. The minimum absolute atomic E-state index is 0.105. The summed E-state index contributed by atoms with van der Waals surface area (Å²) in [7, 11) is 0. The molecule has 1 rings (SSSR count). The van der Waals surface area contributed by atoms with E-state index in [4.69, 9.17) is 9.84 Å². The third kappa shape index (κ3) is 5.45. The second kappa shape index (κ2) is 8.29. The Morgan fingerprint density at radius 2 is 1.86 bits per heavy atom. The van der Waals surface area contributed by atoms with Gasteiger partial charge in [0.2, 0.25) is 5.91 Å². The van der Waals surface area contributed by atoms with E-state index in [0.29, 0.717) is 13.0 Å². The van der Waals surface area contributed by atoms with Gasteiger partial charge >= 0.3 is 5.97 Å². The number of nitrogens with one attached hydrogen (secondary N) is 1. The van der Waals surface area contributed by atoms with E-state index in [2.05, 4.69) is 5.32 Å². The zero-order valence-corrected chi connectivity index (χ0v) is 12.8. The van der Waals surface area contributed by atoms with Crippen LogP contribution in [0.2, 0.25) is 0 Å². The number of carboxylic acids is 1. The second-order valence-corrected chi connectivity index (χ2v) is 5.02. The van der Waals surface area contributed by atoms with Crippen LogP contribution in [0.3, 0.4) is 0 Å². The molecule has 0 spiro atoms. The van der Waals surface area contributed by atoms with Crippen molar-refractivity contribution in [1.82, 2.24) is 5.32 Å². The van der Waals surface area contributed by atoms with E-state index in [9.17, 15) is 9.59 Å². The minimum atomic E-state index is -0.996. The molecule has 0 saturated heterocycles. The van der Waals surface area contributed by atoms with Gasteiger partial charge in [-0.3, -0.25) is 4.79 Å². The number of amides is 1. The number of carbonyl (C=O) groups is 2. The van der Waals surface area contributed by atoms with Gasteiger partial charge in [0.25, 0.3) is 0 Å². The van der Waals surface area contributed by atoms with Crippen LogP contribution < -0.4 is 10.1 Å². The number of benzene rings is 1. The summed E-state index contributed by atoms with van der Waals surface area (Å²) in [6.45, 7) is 6.21. The van der Waals surface area contributed by atoms with Crippen LogP contribution in [-0.2, 0) is 16.0 Å². The van der Waals surface area contributed by atoms with Crippen molar-refractivity contribution in [1.29, 1.82) is 0 Å². The maximum absolute atomic E-state index is 12.0. The predicted octanol–water partition coefficient (Wildman–Crippen LogP) is 2.24. The quantitative estimate of drug-likeness (QED) is 0.770. The lowest BCUT2D eigenvalue weighted by Gasteiger charge is -2.20. The molecule has 0 bridgehead atoms. The van der Waals surface area contributed by atoms with Gasteiger partial charge in [0.1, 0.15) is 11.8 Å². The Labute approximate surface area is 125 Å². The van der Waals surface area contributed by atoms with Crippen LogP contribution in [0.4, 0.5) is 0 Å². The molecule has 1 aromatic carbocycles. The molecule has 2 unspecified atom stereocenters. The maximum Gasteiger partial charge on any atom is 0.326 e. The van der Waals surface area contributed by atoms with Crippen molar-refractivity contribution in [3.05, 3.63) is 29.8 Å². The van der Waals surface area contributed by atoms with Crippen molar-refractivity contribution >= 4 is 11.9 Å². The number of hydrogen-bond acceptors (Lipinski definition) is 3. The molecule has 0 saturated carbocycles. The van der Waals surface area contributed by atoms with Crippen LogP contribution in [-0.4, -0.2) is 29.6 Å². The zero-order valence-electron chi connectivity index (χ0n) is 12.8. The Morgan fingerprint density at radius 3 is 2.33 bits per heavy atom. The van der Waals surface area contributed by atoms with Gasteiger partial charge in [0, 0.05) is 0 Å². The van der Waals surface area contributed by atoms with Crippen molar-refractivity contribution < 1.29 is 19.4 Å². The highest BCUT2D eigenvalue weighted by atomic mass is 16.5. The fourth-order valence-corrected chi connectivity index (χ4v) is 1.96. The van der Waals surface area contributed by atoms with Crippen molar-refractivity contribution in [2.75, 3.05) is 6.61 Å². The molecular formula is C16H23NO4. The molecule has 0 aliphatic heterocycles. The smallest absolute Gasteiger partial charge is 0.326 e. The summed E-state index contributed by atoms with van der Waals surface area (Å²) < 4.78 is 5.33. The fourth-order valence-electron chi connectivity index (χ4n) is 1.96. The number of rotatable bonds is 8. The maximum atomic E-state index is 12.0. The van der Waals surface area contributed by atoms with Crippen LogP contribution in [0.1, 0.15) is 32.8 Å². The van der Waals surface area contributed by atoms with E-state index in [1.54, 1.807) is 12.1 Å². The molecule has 5 nitrogen and oxygen atoms in total. The van der Waals surface area contributed by atoms with Crippen molar-refractivity contribution in [2.24, 2.45) is 5.92 Å². The average molecular weight is 293 g/mol. The molecular weight excluding hydrogens is 270 g/mol. The highest BCUT2D eigenvalue weighted by molar-refractivity contribution is 5.85. The third-order valence-corrected chi connectivity index (χ3v) is 3.39. The van der Waals surface area contributed by atoms with Gasteiger partial charge in [0.05, 0.1) is 13.0 Å². The monoisotopic (exact) mass is 293 g/mol. The summed E-state index contributed by atoms with van der Waals surface area (Å²) in [5.74, 6) is -0.632. The summed E-state index contributed by atoms with van der Waals surface area (Å²) in [4.78, 5) is 23.1. The first kappa shape index (κ1) is 17.0. The van der Waals surface area contributed by atoms with E-state index < -0.39 is 12.0 Å². The Balaban J connectivity index is 2.61. The first-order chi connectivity index (χ1) is 9.97. The topological polar surface area (TPSA) is 75.6 Å². The molecule has 21 heavy (non-hydrogen) atoms. The largest absolute Gasteiger partial charge is 0.494 e. The van der Waals surface area contributed by atoms with Crippen molar-refractivity contribution in [3.8, 4) is 5.75 Å². The molecule has 2 N–H and O–H groups in total. The van der Waals surface area contributed by atoms with E-state index >= 15 is 0 Å². The average Bonchev–Trinajstić information content (AvgIpc) is 2.46. The zero-order chi connectivity index (χ0) is 15.8. The molecule has 0 heterocycles. The lowest BCUT2D eigenvalue weighted by Crippen LogP contribution is -2.45. The van der Waals surface area contributed by atoms with E-state index in [-0.39, 0.29) is 18.2 Å². The van der Waals surface area contributed by atoms with Gasteiger partial charge in [-0.1, -0.05) is 32.4 Å². The molecule has 0 radical (unpaired) electrons. The number of ether oxygens (including phenoxy) is 1. The Hall–Kier alpha value is -2.04. The van der Waals surface area contributed by atoms with Gasteiger partial charge in [-0.25, -0.2) is 4.79 Å². The first-order valence-corrected chi connectivity index (χ1v) is 7.21. The minimum Gasteiger partial charge on any atom is -0.494 e. The third-order valence-electron chi connectivity index (χ3n) is 3.39. The van der Waals surface area contributed by atoms with E-state index in [1.165, 1.54) is 0 Å². The molecule has 0 aromatic heterocycles. The highest BCUT2D eigenvalue weighted by Crippen LogP contribution is 2.13. The summed E-state index contributed by atoms with van der Waals surface area (Å²) in [5.41, 5.74) is 0.823. The van der Waals surface area contributed by atoms with Crippen molar-refractivity contribution in [3.63, 3.8) is 0 Å². The van der Waals surface area contributed by atoms with Gasteiger partial charge in [-0.05, 0) is 30.5 Å². The SMILES string of the molecule is CCOc1ccc(CC(=O)NC(C(=O)O)C(C)CC)cc1. The molecule has 5 heteroatoms. The lowest BCUT2D eigenvalue weighted by atomic mass is 9.99. The summed E-state index contributed by atoms with van der Waals surface area (Å²) >= 11 is 0. The van der Waals surface area contributed by atoms with Gasteiger partial charge in [-0.2, -0.15) is 0 Å². The normalized spacial score (nSPS) is 13.3. The second-order valence-electron chi connectivity index (χ2n) is 5.02. The van der Waals surface area contributed by atoms with Crippen LogP contribution in [0.15, 0.2) is 24.3 Å². The Kier molecular flexibility index (Phi) is 6.72. The van der Waals surface area contributed by atoms with E-state index in [1.807, 2.05) is 32.9 Å². The molecule has 116 valence electrons. The standard InChI is InChI=1S/C16H23NO4/c1-4-11(3)15(16(19)20)17-14(18)10-12-6-8-13(9-7-12)21-5-2/h6-9,11,15H,4-5,10H2,1-3H3,(H,17,18)(H,19,20). The lowest BCUT2D eigenvalue weighted by molar-refractivity contribution is -0.143. The summed E-state index contributed by atoms with van der Waals surface area (Å²) in [5, 5.41) is 11.7. The number of carboxylic acid groups (broad SMARTS) is 1. The molecule has 1 amide bonds. The van der Waals surface area contributed by atoms with Crippen molar-refractivity contribution in [2.45, 2.75) is 39.7 Å².